The van der Waals surface area contributed by atoms with Crippen molar-refractivity contribution in [3.8, 4) is 0 Å². The van der Waals surface area contributed by atoms with Crippen molar-refractivity contribution in [1.82, 2.24) is 0 Å². The van der Waals surface area contributed by atoms with Crippen LogP contribution in [0.2, 0.25) is 0 Å². The Kier molecular flexibility index (Phi) is 8.25. The van der Waals surface area contributed by atoms with Crippen LogP contribution in [0.15, 0.2) is 12.7 Å². The zero-order valence-electron chi connectivity index (χ0n) is 11.5. The summed E-state index contributed by atoms with van der Waals surface area (Å²) in [6.07, 6.45) is 8.00. The van der Waals surface area contributed by atoms with Gasteiger partial charge in [0.2, 0.25) is 0 Å². The highest BCUT2D eigenvalue weighted by molar-refractivity contribution is 4.92. The van der Waals surface area contributed by atoms with Gasteiger partial charge in [0, 0.05) is 13.2 Å². The first-order valence-corrected chi connectivity index (χ1v) is 6.86. The average Bonchev–Trinajstić information content (AvgIpc) is 2.43. The molecule has 0 amide bonds. The molecule has 1 aliphatic carbocycles. The van der Waals surface area contributed by atoms with Gasteiger partial charge in [-0.3, -0.25) is 0 Å². The van der Waals surface area contributed by atoms with Crippen molar-refractivity contribution in [2.75, 3.05) is 27.1 Å². The van der Waals surface area contributed by atoms with Crippen LogP contribution in [0.5, 0.6) is 0 Å². The third kappa shape index (κ3) is 5.48. The van der Waals surface area contributed by atoms with Crippen LogP contribution in [-0.4, -0.2) is 39.3 Å². The van der Waals surface area contributed by atoms with Crippen LogP contribution in [0.1, 0.15) is 32.1 Å². The second-order valence-corrected chi connectivity index (χ2v) is 4.86. The molecule has 0 aromatic rings. The van der Waals surface area contributed by atoms with Crippen LogP contribution in [0.4, 0.5) is 0 Å². The lowest BCUT2D eigenvalue weighted by Crippen LogP contribution is -2.42. The van der Waals surface area contributed by atoms with Gasteiger partial charge in [0.25, 0.3) is 0 Å². The lowest BCUT2D eigenvalue weighted by molar-refractivity contribution is -0.0946. The van der Waals surface area contributed by atoms with Crippen molar-refractivity contribution < 1.29 is 14.2 Å². The Balaban J connectivity index is 2.23. The molecule has 0 saturated heterocycles. The first-order valence-electron chi connectivity index (χ1n) is 6.86. The molecule has 1 aliphatic rings. The molecule has 0 bridgehead atoms. The highest BCUT2D eigenvalue weighted by Gasteiger charge is 2.26. The van der Waals surface area contributed by atoms with Crippen LogP contribution < -0.4 is 5.73 Å². The minimum absolute atomic E-state index is 0.0359. The van der Waals surface area contributed by atoms with E-state index in [-0.39, 0.29) is 18.9 Å². The lowest BCUT2D eigenvalue weighted by atomic mass is 9.82. The highest BCUT2D eigenvalue weighted by atomic mass is 16.7. The van der Waals surface area contributed by atoms with Gasteiger partial charge in [-0.25, -0.2) is 0 Å². The zero-order valence-corrected chi connectivity index (χ0v) is 11.5. The van der Waals surface area contributed by atoms with E-state index in [0.717, 1.165) is 0 Å². The van der Waals surface area contributed by atoms with Gasteiger partial charge in [0.15, 0.2) is 0 Å². The maximum absolute atomic E-state index is 6.27. The van der Waals surface area contributed by atoms with E-state index in [9.17, 15) is 0 Å². The summed E-state index contributed by atoms with van der Waals surface area (Å²) < 4.78 is 15.8. The Labute approximate surface area is 110 Å². The Morgan fingerprint density at radius 2 is 2.00 bits per heavy atom. The van der Waals surface area contributed by atoms with E-state index in [4.69, 9.17) is 19.9 Å². The fourth-order valence-corrected chi connectivity index (χ4v) is 2.45. The van der Waals surface area contributed by atoms with Crippen LogP contribution in [0.25, 0.3) is 0 Å². The molecular weight excluding hydrogens is 230 g/mol. The second kappa shape index (κ2) is 9.50. The summed E-state index contributed by atoms with van der Waals surface area (Å²) >= 11 is 0. The van der Waals surface area contributed by atoms with E-state index in [0.29, 0.717) is 19.1 Å². The molecule has 0 heterocycles. The molecule has 0 aromatic carbocycles. The van der Waals surface area contributed by atoms with Gasteiger partial charge in [0.05, 0.1) is 19.3 Å². The molecule has 1 saturated carbocycles. The Morgan fingerprint density at radius 3 is 2.61 bits per heavy atom. The van der Waals surface area contributed by atoms with Gasteiger partial charge in [-0.05, 0) is 18.8 Å². The normalized spacial score (nSPS) is 20.6. The van der Waals surface area contributed by atoms with Gasteiger partial charge < -0.3 is 19.9 Å². The molecule has 0 unspecified atom stereocenters. The number of hydrogen-bond acceptors (Lipinski definition) is 4. The van der Waals surface area contributed by atoms with Crippen LogP contribution in [0, 0.1) is 5.92 Å². The van der Waals surface area contributed by atoms with Crippen LogP contribution in [-0.2, 0) is 14.2 Å². The first kappa shape index (κ1) is 15.6. The molecule has 0 radical (unpaired) electrons. The molecule has 2 atom stereocenters. The molecule has 0 aromatic heterocycles. The topological polar surface area (TPSA) is 53.7 Å². The van der Waals surface area contributed by atoms with E-state index in [1.807, 2.05) is 0 Å². The van der Waals surface area contributed by atoms with E-state index >= 15 is 0 Å². The number of ether oxygens (including phenoxy) is 3. The van der Waals surface area contributed by atoms with Crippen molar-refractivity contribution >= 4 is 0 Å². The number of rotatable bonds is 9. The lowest BCUT2D eigenvalue weighted by Gasteiger charge is -2.31. The van der Waals surface area contributed by atoms with Crippen molar-refractivity contribution in [2.24, 2.45) is 11.7 Å². The van der Waals surface area contributed by atoms with Gasteiger partial charge in [-0.15, -0.1) is 6.58 Å². The van der Waals surface area contributed by atoms with Crippen molar-refractivity contribution in [3.63, 3.8) is 0 Å². The summed E-state index contributed by atoms with van der Waals surface area (Å²) in [5, 5.41) is 0. The minimum Gasteiger partial charge on any atom is -0.382 e. The van der Waals surface area contributed by atoms with Gasteiger partial charge in [-0.2, -0.15) is 0 Å². The summed E-state index contributed by atoms with van der Waals surface area (Å²) in [6.45, 7) is 5.18. The summed E-state index contributed by atoms with van der Waals surface area (Å²) in [5.74, 6) is 0.556. The van der Waals surface area contributed by atoms with E-state index in [1.54, 1.807) is 13.2 Å². The zero-order chi connectivity index (χ0) is 13.2. The molecule has 18 heavy (non-hydrogen) atoms. The summed E-state index contributed by atoms with van der Waals surface area (Å²) in [5.41, 5.74) is 6.27. The van der Waals surface area contributed by atoms with E-state index in [2.05, 4.69) is 6.58 Å². The quantitative estimate of drug-likeness (QED) is 0.390. The predicted molar refractivity (Wildman–Crippen MR) is 72.3 cm³/mol. The van der Waals surface area contributed by atoms with E-state index in [1.165, 1.54) is 32.1 Å². The van der Waals surface area contributed by atoms with Crippen molar-refractivity contribution in [2.45, 2.75) is 44.2 Å². The molecule has 1 fully saturated rings. The van der Waals surface area contributed by atoms with Crippen LogP contribution >= 0.6 is 0 Å². The third-order valence-electron chi connectivity index (χ3n) is 3.58. The highest BCUT2D eigenvalue weighted by Crippen LogP contribution is 2.27. The van der Waals surface area contributed by atoms with Gasteiger partial charge in [0.1, 0.15) is 6.79 Å². The second-order valence-electron chi connectivity index (χ2n) is 4.86. The molecule has 0 spiro atoms. The molecule has 0 aliphatic heterocycles. The molecule has 1 rings (SSSR count). The fraction of sp³-hybridized carbons (Fsp3) is 0.857. The SMILES string of the molecule is C=C[C@@H](OCOCCOC)[C@H](N)C1CCCCC1. The maximum atomic E-state index is 6.27. The van der Waals surface area contributed by atoms with Gasteiger partial charge in [-0.1, -0.05) is 25.3 Å². The first-order chi connectivity index (χ1) is 8.79. The number of nitrogens with two attached hydrogens (primary N) is 1. The predicted octanol–water partition coefficient (Wildman–Crippen LogP) is 2.09. The molecule has 4 nitrogen and oxygen atoms in total. The smallest absolute Gasteiger partial charge is 0.147 e. The fourth-order valence-electron chi connectivity index (χ4n) is 2.45. The summed E-state index contributed by atoms with van der Waals surface area (Å²) in [4.78, 5) is 0. The molecule has 2 N–H and O–H groups in total. The van der Waals surface area contributed by atoms with Crippen molar-refractivity contribution in [1.29, 1.82) is 0 Å². The van der Waals surface area contributed by atoms with E-state index < -0.39 is 0 Å². The third-order valence-corrected chi connectivity index (χ3v) is 3.58. The molecular formula is C14H27NO3. The number of methoxy groups -OCH3 is 1. The Hall–Kier alpha value is -0.420. The van der Waals surface area contributed by atoms with Gasteiger partial charge >= 0.3 is 0 Å². The van der Waals surface area contributed by atoms with Crippen LogP contribution in [0.3, 0.4) is 0 Å². The molecule has 4 heteroatoms. The van der Waals surface area contributed by atoms with Crippen molar-refractivity contribution in [3.05, 3.63) is 12.7 Å². The standard InChI is InChI=1S/C14H27NO3/c1-3-13(18-11-17-10-9-16-2)14(15)12-7-5-4-6-8-12/h3,12-14H,1,4-11,15H2,2H3/t13-,14-/m1/s1. The largest absolute Gasteiger partial charge is 0.382 e. The minimum atomic E-state index is -0.115. The average molecular weight is 257 g/mol. The Bertz CT molecular complexity index is 217. The summed E-state index contributed by atoms with van der Waals surface area (Å²) in [7, 11) is 1.65. The number of hydrogen-bond donors (Lipinski definition) is 1. The maximum Gasteiger partial charge on any atom is 0.147 e. The molecule has 106 valence electrons. The Morgan fingerprint density at radius 1 is 1.28 bits per heavy atom. The monoisotopic (exact) mass is 257 g/mol. The summed E-state index contributed by atoms with van der Waals surface area (Å²) in [6, 6.07) is 0.0359.